The van der Waals surface area contributed by atoms with Gasteiger partial charge in [-0.15, -0.1) is 0 Å². The third kappa shape index (κ3) is 3.31. The molecule has 0 aliphatic rings. The molecule has 120 valence electrons. The van der Waals surface area contributed by atoms with E-state index in [2.05, 4.69) is 15.4 Å². The highest BCUT2D eigenvalue weighted by Gasteiger charge is 2.14. The Morgan fingerprint density at radius 3 is 2.70 bits per heavy atom. The molecule has 2 heterocycles. The van der Waals surface area contributed by atoms with Gasteiger partial charge < -0.3 is 10.4 Å². The SMILES string of the molecule is CC.CCn1nc(Nc2cnccc2C(=O)O)c2ccccc21. The first kappa shape index (κ1) is 16.5. The van der Waals surface area contributed by atoms with E-state index in [1.54, 1.807) is 0 Å². The average Bonchev–Trinajstić information content (AvgIpc) is 2.95. The molecule has 2 aromatic heterocycles. The number of hydrogen-bond donors (Lipinski definition) is 2. The summed E-state index contributed by atoms with van der Waals surface area (Å²) in [7, 11) is 0. The Labute approximate surface area is 134 Å². The van der Waals surface area contributed by atoms with Gasteiger partial charge in [-0.1, -0.05) is 26.0 Å². The topological polar surface area (TPSA) is 80.0 Å². The Morgan fingerprint density at radius 2 is 2.00 bits per heavy atom. The Hall–Kier alpha value is -2.89. The van der Waals surface area contributed by atoms with Crippen LogP contribution in [-0.2, 0) is 6.54 Å². The van der Waals surface area contributed by atoms with Crippen molar-refractivity contribution in [3.63, 3.8) is 0 Å². The quantitative estimate of drug-likeness (QED) is 0.763. The number of pyridine rings is 1. The van der Waals surface area contributed by atoms with Crippen molar-refractivity contribution in [3.05, 3.63) is 48.3 Å². The van der Waals surface area contributed by atoms with Crippen molar-refractivity contribution in [3.8, 4) is 0 Å². The van der Waals surface area contributed by atoms with Gasteiger partial charge in [0.25, 0.3) is 0 Å². The minimum atomic E-state index is -1.00. The van der Waals surface area contributed by atoms with Gasteiger partial charge in [0.1, 0.15) is 0 Å². The molecule has 0 aliphatic carbocycles. The van der Waals surface area contributed by atoms with Crippen LogP contribution in [0.15, 0.2) is 42.7 Å². The third-order valence-electron chi connectivity index (χ3n) is 3.26. The molecule has 3 aromatic rings. The van der Waals surface area contributed by atoms with Crippen molar-refractivity contribution in [2.24, 2.45) is 0 Å². The van der Waals surface area contributed by atoms with Gasteiger partial charge in [0, 0.05) is 18.1 Å². The maximum absolute atomic E-state index is 11.2. The summed E-state index contributed by atoms with van der Waals surface area (Å²) in [5, 5.41) is 17.7. The van der Waals surface area contributed by atoms with Crippen LogP contribution in [0.3, 0.4) is 0 Å². The average molecular weight is 312 g/mol. The van der Waals surface area contributed by atoms with Gasteiger partial charge in [-0.05, 0) is 25.1 Å². The summed E-state index contributed by atoms with van der Waals surface area (Å²) in [5.74, 6) is -0.373. The highest BCUT2D eigenvalue weighted by Crippen LogP contribution is 2.27. The van der Waals surface area contributed by atoms with E-state index < -0.39 is 5.97 Å². The molecule has 0 saturated carbocycles. The first-order valence-electron chi connectivity index (χ1n) is 7.60. The van der Waals surface area contributed by atoms with E-state index in [0.29, 0.717) is 11.5 Å². The van der Waals surface area contributed by atoms with Crippen LogP contribution in [0, 0.1) is 0 Å². The van der Waals surface area contributed by atoms with Gasteiger partial charge in [-0.2, -0.15) is 5.10 Å². The summed E-state index contributed by atoms with van der Waals surface area (Å²) in [6, 6.07) is 9.28. The lowest BCUT2D eigenvalue weighted by molar-refractivity contribution is 0.0698. The fourth-order valence-electron chi connectivity index (χ4n) is 2.27. The molecule has 0 bridgehead atoms. The normalized spacial score (nSPS) is 10.0. The molecule has 0 spiro atoms. The van der Waals surface area contributed by atoms with Crippen LogP contribution in [0.25, 0.3) is 10.9 Å². The van der Waals surface area contributed by atoms with E-state index in [-0.39, 0.29) is 5.56 Å². The zero-order valence-electron chi connectivity index (χ0n) is 13.4. The molecule has 0 saturated heterocycles. The second-order valence-electron chi connectivity index (χ2n) is 4.53. The summed E-state index contributed by atoms with van der Waals surface area (Å²) < 4.78 is 1.87. The molecule has 23 heavy (non-hydrogen) atoms. The smallest absolute Gasteiger partial charge is 0.337 e. The summed E-state index contributed by atoms with van der Waals surface area (Å²) in [6.07, 6.45) is 2.95. The lowest BCUT2D eigenvalue weighted by Crippen LogP contribution is -2.04. The van der Waals surface area contributed by atoms with Gasteiger partial charge in [0.15, 0.2) is 5.82 Å². The van der Waals surface area contributed by atoms with E-state index in [1.807, 2.05) is 49.7 Å². The van der Waals surface area contributed by atoms with Gasteiger partial charge in [0.2, 0.25) is 0 Å². The molecule has 3 rings (SSSR count). The number of aromatic carboxylic acids is 1. The second-order valence-corrected chi connectivity index (χ2v) is 4.53. The van der Waals surface area contributed by atoms with Gasteiger partial charge >= 0.3 is 5.97 Å². The minimum absolute atomic E-state index is 0.167. The molecule has 6 heteroatoms. The van der Waals surface area contributed by atoms with Crippen LogP contribution in [0.4, 0.5) is 11.5 Å². The van der Waals surface area contributed by atoms with Crippen molar-refractivity contribution < 1.29 is 9.90 Å². The van der Waals surface area contributed by atoms with Crippen molar-refractivity contribution >= 4 is 28.4 Å². The van der Waals surface area contributed by atoms with E-state index in [4.69, 9.17) is 0 Å². The Balaban J connectivity index is 0.000000924. The molecular formula is C17H20N4O2. The Kier molecular flexibility index (Phi) is 5.30. The number of benzene rings is 1. The number of anilines is 2. The zero-order chi connectivity index (χ0) is 16.8. The number of carboxylic acid groups (broad SMARTS) is 1. The van der Waals surface area contributed by atoms with Crippen LogP contribution >= 0.6 is 0 Å². The summed E-state index contributed by atoms with van der Waals surface area (Å²) in [5.41, 5.74) is 1.60. The summed E-state index contributed by atoms with van der Waals surface area (Å²) in [6.45, 7) is 6.75. The fraction of sp³-hybridized carbons (Fsp3) is 0.235. The van der Waals surface area contributed by atoms with Crippen molar-refractivity contribution in [1.29, 1.82) is 0 Å². The fourth-order valence-corrected chi connectivity index (χ4v) is 2.27. The van der Waals surface area contributed by atoms with E-state index in [1.165, 1.54) is 18.5 Å². The van der Waals surface area contributed by atoms with Gasteiger partial charge in [-0.25, -0.2) is 4.79 Å². The van der Waals surface area contributed by atoms with Crippen molar-refractivity contribution in [2.45, 2.75) is 27.3 Å². The molecule has 0 atom stereocenters. The molecule has 0 amide bonds. The predicted octanol–water partition coefficient (Wildman–Crippen LogP) is 3.92. The monoisotopic (exact) mass is 312 g/mol. The first-order valence-corrected chi connectivity index (χ1v) is 7.60. The number of nitrogens with one attached hydrogen (secondary N) is 1. The van der Waals surface area contributed by atoms with E-state index >= 15 is 0 Å². The summed E-state index contributed by atoms with van der Waals surface area (Å²) >= 11 is 0. The maximum Gasteiger partial charge on any atom is 0.337 e. The largest absolute Gasteiger partial charge is 0.478 e. The number of hydrogen-bond acceptors (Lipinski definition) is 4. The maximum atomic E-state index is 11.2. The van der Waals surface area contributed by atoms with Crippen LogP contribution in [0.2, 0.25) is 0 Å². The number of fused-ring (bicyclic) bond motifs is 1. The highest BCUT2D eigenvalue weighted by atomic mass is 16.4. The van der Waals surface area contributed by atoms with Crippen LogP contribution in [0.5, 0.6) is 0 Å². The van der Waals surface area contributed by atoms with Crippen LogP contribution in [-0.4, -0.2) is 25.8 Å². The number of nitrogens with zero attached hydrogens (tertiary/aromatic N) is 3. The number of rotatable bonds is 4. The van der Waals surface area contributed by atoms with Crippen molar-refractivity contribution in [2.75, 3.05) is 5.32 Å². The standard InChI is InChI=1S/C15H14N4O2.C2H6/c1-2-19-13-6-4-3-5-11(13)14(18-19)17-12-9-16-8-7-10(12)15(20)21;1-2/h3-9H,2H2,1H3,(H,17,18)(H,20,21);1-2H3. The molecule has 0 unspecified atom stereocenters. The first-order chi connectivity index (χ1) is 11.2. The predicted molar refractivity (Wildman–Crippen MR) is 91.2 cm³/mol. The second kappa shape index (κ2) is 7.40. The molecule has 6 nitrogen and oxygen atoms in total. The van der Waals surface area contributed by atoms with Crippen LogP contribution in [0.1, 0.15) is 31.1 Å². The van der Waals surface area contributed by atoms with Crippen molar-refractivity contribution in [1.82, 2.24) is 14.8 Å². The molecule has 0 aliphatic heterocycles. The van der Waals surface area contributed by atoms with Gasteiger partial charge in [-0.3, -0.25) is 9.67 Å². The molecule has 0 radical (unpaired) electrons. The Morgan fingerprint density at radius 1 is 1.26 bits per heavy atom. The van der Waals surface area contributed by atoms with E-state index in [0.717, 1.165) is 17.4 Å². The number of aromatic nitrogens is 3. The zero-order valence-corrected chi connectivity index (χ0v) is 13.4. The lowest BCUT2D eigenvalue weighted by atomic mass is 10.2. The number of carboxylic acids is 1. The molecule has 0 fully saturated rings. The van der Waals surface area contributed by atoms with E-state index in [9.17, 15) is 9.90 Å². The number of carbonyl (C=O) groups is 1. The highest BCUT2D eigenvalue weighted by molar-refractivity contribution is 5.97. The molecule has 1 aromatic carbocycles. The van der Waals surface area contributed by atoms with Gasteiger partial charge in [0.05, 0.1) is 23.0 Å². The lowest BCUT2D eigenvalue weighted by Gasteiger charge is -2.06. The summed E-state index contributed by atoms with van der Waals surface area (Å²) in [4.78, 5) is 15.2. The number of para-hydroxylation sites is 1. The Bertz CT molecular complexity index is 811. The molecule has 2 N–H and O–H groups in total. The number of aryl methyl sites for hydroxylation is 1. The molecular weight excluding hydrogens is 292 g/mol. The minimum Gasteiger partial charge on any atom is -0.478 e. The third-order valence-corrected chi connectivity index (χ3v) is 3.26. The van der Waals surface area contributed by atoms with Crippen LogP contribution < -0.4 is 5.32 Å².